The summed E-state index contributed by atoms with van der Waals surface area (Å²) in [7, 11) is 0. The van der Waals surface area contributed by atoms with Crippen LogP contribution in [0.3, 0.4) is 0 Å². The largest absolute Gasteiger partial charge is 0.482 e. The van der Waals surface area contributed by atoms with E-state index >= 15 is 0 Å². The van der Waals surface area contributed by atoms with Crippen LogP contribution in [-0.4, -0.2) is 59.8 Å². The fourth-order valence-electron chi connectivity index (χ4n) is 3.50. The van der Waals surface area contributed by atoms with Crippen molar-refractivity contribution in [2.45, 2.75) is 13.8 Å². The summed E-state index contributed by atoms with van der Waals surface area (Å²) >= 11 is 0. The molecule has 1 aliphatic carbocycles. The van der Waals surface area contributed by atoms with E-state index in [9.17, 15) is 14.4 Å². The van der Waals surface area contributed by atoms with Crippen LogP contribution in [0.2, 0.25) is 0 Å². The Kier molecular flexibility index (Phi) is 7.29. The predicted octanol–water partition coefficient (Wildman–Crippen LogP) is 1.76. The first kappa shape index (κ1) is 23.1. The van der Waals surface area contributed by atoms with Gasteiger partial charge >= 0.3 is 5.97 Å². The Labute approximate surface area is 186 Å². The van der Waals surface area contributed by atoms with E-state index in [0.29, 0.717) is 24.5 Å². The van der Waals surface area contributed by atoms with Crippen LogP contribution in [0.25, 0.3) is 0 Å². The highest BCUT2D eigenvalue weighted by atomic mass is 16.6. The first-order valence-corrected chi connectivity index (χ1v) is 10.3. The molecule has 170 valence electrons. The third-order valence-corrected chi connectivity index (χ3v) is 5.17. The van der Waals surface area contributed by atoms with E-state index < -0.39 is 17.8 Å². The van der Waals surface area contributed by atoms with Crippen molar-refractivity contribution in [3.8, 4) is 5.75 Å². The van der Waals surface area contributed by atoms with Crippen LogP contribution in [-0.2, 0) is 14.3 Å². The molecule has 1 heterocycles. The summed E-state index contributed by atoms with van der Waals surface area (Å²) in [4.78, 5) is 38.7. The second-order valence-corrected chi connectivity index (χ2v) is 8.19. The summed E-state index contributed by atoms with van der Waals surface area (Å²) in [6, 6.07) is 6.51. The summed E-state index contributed by atoms with van der Waals surface area (Å²) in [5.41, 5.74) is 6.89. The Balaban J connectivity index is 1.52. The zero-order chi connectivity index (χ0) is 23.3. The Morgan fingerprint density at radius 2 is 2.00 bits per heavy atom. The Morgan fingerprint density at radius 1 is 1.28 bits per heavy atom. The van der Waals surface area contributed by atoms with E-state index in [1.807, 2.05) is 13.8 Å². The SMILES string of the molecule is CC(C)COC(=O)COc1ccc(C(=O)CN2C=C3C=CC(C(N)=NO)C(=O)C3C2)cc1. The number of ether oxygens (including phenoxy) is 2. The quantitative estimate of drug-likeness (QED) is 0.148. The highest BCUT2D eigenvalue weighted by molar-refractivity contribution is 6.08. The van der Waals surface area contributed by atoms with Gasteiger partial charge in [0.2, 0.25) is 0 Å². The van der Waals surface area contributed by atoms with Gasteiger partial charge in [0.05, 0.1) is 25.0 Å². The highest BCUT2D eigenvalue weighted by Gasteiger charge is 2.38. The molecule has 0 aromatic heterocycles. The number of oxime groups is 1. The van der Waals surface area contributed by atoms with E-state index in [4.69, 9.17) is 20.4 Å². The van der Waals surface area contributed by atoms with Crippen LogP contribution in [0.1, 0.15) is 24.2 Å². The van der Waals surface area contributed by atoms with Gasteiger partial charge < -0.3 is 25.3 Å². The van der Waals surface area contributed by atoms with E-state index in [-0.39, 0.29) is 36.5 Å². The number of hydrogen-bond donors (Lipinski definition) is 2. The van der Waals surface area contributed by atoms with Crippen molar-refractivity contribution >= 4 is 23.4 Å². The number of hydrogen-bond acceptors (Lipinski definition) is 8. The number of ketones is 2. The number of nitrogens with two attached hydrogens (primary N) is 1. The lowest BCUT2D eigenvalue weighted by Gasteiger charge is -2.22. The average Bonchev–Trinajstić information content (AvgIpc) is 3.19. The molecule has 2 unspecified atom stereocenters. The van der Waals surface area contributed by atoms with Crippen LogP contribution >= 0.6 is 0 Å². The molecule has 0 saturated heterocycles. The van der Waals surface area contributed by atoms with Crippen molar-refractivity contribution in [3.63, 3.8) is 0 Å². The first-order valence-electron chi connectivity index (χ1n) is 10.3. The Morgan fingerprint density at radius 3 is 2.66 bits per heavy atom. The number of benzene rings is 1. The van der Waals surface area contributed by atoms with Gasteiger partial charge in [0, 0.05) is 18.3 Å². The Hall–Kier alpha value is -3.62. The topological polar surface area (TPSA) is 132 Å². The standard InChI is InChI=1S/C23H27N3O6/c1-14(2)12-32-21(28)13-31-17-6-3-15(4-7-17)20(27)11-26-9-16-5-8-18(23(24)25-30)22(29)19(16)10-26/h3-9,14,18-19,30H,10-13H2,1-2H3,(H2,24,25). The molecule has 1 aromatic rings. The minimum atomic E-state index is -0.756. The lowest BCUT2D eigenvalue weighted by Crippen LogP contribution is -2.38. The van der Waals surface area contributed by atoms with E-state index in [1.54, 1.807) is 47.5 Å². The molecule has 2 atom stereocenters. The third-order valence-electron chi connectivity index (χ3n) is 5.17. The molecule has 1 aliphatic heterocycles. The van der Waals surface area contributed by atoms with Gasteiger partial charge in [-0.3, -0.25) is 9.59 Å². The van der Waals surface area contributed by atoms with Crippen molar-refractivity contribution in [1.82, 2.24) is 4.90 Å². The molecule has 0 saturated carbocycles. The monoisotopic (exact) mass is 441 g/mol. The van der Waals surface area contributed by atoms with Gasteiger partial charge in [-0.15, -0.1) is 0 Å². The van der Waals surface area contributed by atoms with Crippen molar-refractivity contribution in [2.24, 2.45) is 28.6 Å². The average molecular weight is 441 g/mol. The fraction of sp³-hybridized carbons (Fsp3) is 0.391. The normalized spacial score (nSPS) is 20.2. The van der Waals surface area contributed by atoms with Gasteiger partial charge in [0.15, 0.2) is 24.0 Å². The number of esters is 1. The molecule has 9 nitrogen and oxygen atoms in total. The summed E-state index contributed by atoms with van der Waals surface area (Å²) in [6.45, 7) is 4.51. The van der Waals surface area contributed by atoms with Crippen LogP contribution in [0, 0.1) is 17.8 Å². The number of allylic oxidation sites excluding steroid dienone is 1. The highest BCUT2D eigenvalue weighted by Crippen LogP contribution is 2.31. The summed E-state index contributed by atoms with van der Waals surface area (Å²) in [6.07, 6.45) is 5.17. The number of Topliss-reactive ketones (excluding diaryl/α,β-unsaturated/α-hetero) is 2. The number of fused-ring (bicyclic) bond motifs is 1. The molecular weight excluding hydrogens is 414 g/mol. The molecule has 0 fully saturated rings. The number of rotatable bonds is 9. The molecule has 32 heavy (non-hydrogen) atoms. The van der Waals surface area contributed by atoms with Crippen molar-refractivity contribution in [1.29, 1.82) is 0 Å². The molecule has 0 spiro atoms. The summed E-state index contributed by atoms with van der Waals surface area (Å²) < 4.78 is 10.4. The predicted molar refractivity (Wildman–Crippen MR) is 116 cm³/mol. The van der Waals surface area contributed by atoms with E-state index in [2.05, 4.69) is 5.16 Å². The zero-order valence-corrected chi connectivity index (χ0v) is 18.1. The fourth-order valence-corrected chi connectivity index (χ4v) is 3.50. The van der Waals surface area contributed by atoms with Gasteiger partial charge in [-0.1, -0.05) is 31.2 Å². The van der Waals surface area contributed by atoms with Gasteiger partial charge in [-0.05, 0) is 35.8 Å². The summed E-state index contributed by atoms with van der Waals surface area (Å²) in [5, 5.41) is 11.8. The minimum Gasteiger partial charge on any atom is -0.482 e. The van der Waals surface area contributed by atoms with Gasteiger partial charge in [0.1, 0.15) is 5.75 Å². The maximum atomic E-state index is 12.7. The second kappa shape index (κ2) is 10.1. The maximum absolute atomic E-state index is 12.7. The van der Waals surface area contributed by atoms with Crippen molar-refractivity contribution in [2.75, 3.05) is 26.3 Å². The van der Waals surface area contributed by atoms with Crippen molar-refractivity contribution in [3.05, 3.63) is 53.8 Å². The lowest BCUT2D eigenvalue weighted by molar-refractivity contribution is -0.147. The zero-order valence-electron chi connectivity index (χ0n) is 18.1. The molecule has 0 radical (unpaired) electrons. The molecule has 1 aromatic carbocycles. The molecule has 3 N–H and O–H groups in total. The molecule has 0 bridgehead atoms. The molecular formula is C23H27N3O6. The van der Waals surface area contributed by atoms with Gasteiger partial charge in [-0.2, -0.15) is 0 Å². The van der Waals surface area contributed by atoms with E-state index in [0.717, 1.165) is 5.57 Å². The smallest absolute Gasteiger partial charge is 0.344 e. The lowest BCUT2D eigenvalue weighted by atomic mass is 9.83. The van der Waals surface area contributed by atoms with Gasteiger partial charge in [0.25, 0.3) is 0 Å². The second-order valence-electron chi connectivity index (χ2n) is 8.19. The number of amidine groups is 1. The van der Waals surface area contributed by atoms with Crippen LogP contribution in [0.5, 0.6) is 5.75 Å². The minimum absolute atomic E-state index is 0.108. The van der Waals surface area contributed by atoms with Crippen molar-refractivity contribution < 1.29 is 29.1 Å². The Bertz CT molecular complexity index is 964. The van der Waals surface area contributed by atoms with Crippen LogP contribution in [0.4, 0.5) is 0 Å². The molecule has 0 amide bonds. The van der Waals surface area contributed by atoms with Gasteiger partial charge in [-0.25, -0.2) is 4.79 Å². The number of carbonyl (C=O) groups is 3. The third kappa shape index (κ3) is 5.54. The molecule has 2 aliphatic rings. The maximum Gasteiger partial charge on any atom is 0.344 e. The molecule has 9 heteroatoms. The molecule has 3 rings (SSSR count). The van der Waals surface area contributed by atoms with Crippen LogP contribution < -0.4 is 10.5 Å². The number of carbonyl (C=O) groups excluding carboxylic acids is 3. The van der Waals surface area contributed by atoms with Crippen LogP contribution in [0.15, 0.2) is 53.3 Å². The summed E-state index contributed by atoms with van der Waals surface area (Å²) in [5.74, 6) is -1.32. The first-order chi connectivity index (χ1) is 15.3. The van der Waals surface area contributed by atoms with E-state index in [1.165, 1.54) is 0 Å². The number of nitrogens with zero attached hydrogens (tertiary/aromatic N) is 2.